The van der Waals surface area contributed by atoms with Gasteiger partial charge in [0.25, 0.3) is 11.6 Å². The van der Waals surface area contributed by atoms with E-state index in [2.05, 4.69) is 5.32 Å². The van der Waals surface area contributed by atoms with Gasteiger partial charge in [0.2, 0.25) is 0 Å². The SMILES string of the molecule is Cc1cc([N+](=O)[O-])ccc1NC(=O)COC(=O)c1ccccc1Cc1ccccc1. The number of carbonyl (C=O) groups is 2. The minimum atomic E-state index is -0.586. The minimum Gasteiger partial charge on any atom is -0.452 e. The molecule has 0 heterocycles. The van der Waals surface area contributed by atoms with E-state index in [4.69, 9.17) is 4.74 Å². The molecule has 0 unspecified atom stereocenters. The van der Waals surface area contributed by atoms with Crippen LogP contribution < -0.4 is 5.32 Å². The highest BCUT2D eigenvalue weighted by Gasteiger charge is 2.15. The Hall–Kier alpha value is -4.00. The van der Waals surface area contributed by atoms with Crippen molar-refractivity contribution < 1.29 is 19.2 Å². The molecule has 0 aliphatic heterocycles. The Balaban J connectivity index is 1.62. The van der Waals surface area contributed by atoms with Crippen LogP contribution >= 0.6 is 0 Å². The van der Waals surface area contributed by atoms with Crippen molar-refractivity contribution in [1.82, 2.24) is 0 Å². The van der Waals surface area contributed by atoms with E-state index in [1.807, 2.05) is 42.5 Å². The van der Waals surface area contributed by atoms with Gasteiger partial charge in [0.15, 0.2) is 6.61 Å². The van der Waals surface area contributed by atoms with Crippen LogP contribution in [0.15, 0.2) is 72.8 Å². The zero-order chi connectivity index (χ0) is 21.5. The molecule has 7 heteroatoms. The Morgan fingerprint density at radius 2 is 1.70 bits per heavy atom. The second-order valence-electron chi connectivity index (χ2n) is 6.70. The number of amides is 1. The van der Waals surface area contributed by atoms with Crippen molar-refractivity contribution in [2.45, 2.75) is 13.3 Å². The maximum atomic E-state index is 12.5. The van der Waals surface area contributed by atoms with Gasteiger partial charge in [0.05, 0.1) is 10.5 Å². The van der Waals surface area contributed by atoms with Gasteiger partial charge in [-0.1, -0.05) is 48.5 Å². The second-order valence-corrected chi connectivity index (χ2v) is 6.70. The summed E-state index contributed by atoms with van der Waals surface area (Å²) in [6.07, 6.45) is 0.570. The van der Waals surface area contributed by atoms with E-state index in [9.17, 15) is 19.7 Å². The second kappa shape index (κ2) is 9.47. The van der Waals surface area contributed by atoms with Gasteiger partial charge in [-0.05, 0) is 42.2 Å². The maximum Gasteiger partial charge on any atom is 0.338 e. The first-order chi connectivity index (χ1) is 14.4. The molecular weight excluding hydrogens is 384 g/mol. The van der Waals surface area contributed by atoms with Crippen LogP contribution in [-0.2, 0) is 16.0 Å². The molecule has 0 atom stereocenters. The molecule has 3 aromatic carbocycles. The van der Waals surface area contributed by atoms with Crippen LogP contribution in [0.3, 0.4) is 0 Å². The lowest BCUT2D eigenvalue weighted by molar-refractivity contribution is -0.384. The zero-order valence-corrected chi connectivity index (χ0v) is 16.3. The molecule has 3 rings (SSSR count). The van der Waals surface area contributed by atoms with Crippen molar-refractivity contribution in [3.05, 3.63) is 105 Å². The molecule has 0 saturated carbocycles. The number of hydrogen-bond acceptors (Lipinski definition) is 5. The van der Waals surface area contributed by atoms with Gasteiger partial charge < -0.3 is 10.1 Å². The van der Waals surface area contributed by atoms with Crippen LogP contribution in [0.4, 0.5) is 11.4 Å². The smallest absolute Gasteiger partial charge is 0.338 e. The standard InChI is InChI=1S/C23H20N2O5/c1-16-13-19(25(28)29)11-12-21(16)24-22(26)15-30-23(27)20-10-6-5-9-18(20)14-17-7-3-2-4-8-17/h2-13H,14-15H2,1H3,(H,24,26). The van der Waals surface area contributed by atoms with Crippen LogP contribution in [0, 0.1) is 17.0 Å². The molecule has 152 valence electrons. The van der Waals surface area contributed by atoms with Crippen LogP contribution in [0.25, 0.3) is 0 Å². The van der Waals surface area contributed by atoms with Crippen molar-refractivity contribution in [3.63, 3.8) is 0 Å². The molecular formula is C23H20N2O5. The Labute approximate surface area is 173 Å². The average Bonchev–Trinajstić information content (AvgIpc) is 2.74. The third kappa shape index (κ3) is 5.29. The summed E-state index contributed by atoms with van der Waals surface area (Å²) in [6, 6.07) is 21.0. The highest BCUT2D eigenvalue weighted by molar-refractivity contribution is 5.96. The van der Waals surface area contributed by atoms with Gasteiger partial charge in [-0.25, -0.2) is 4.79 Å². The Bertz CT molecular complexity index is 1080. The molecule has 0 saturated heterocycles. The summed E-state index contributed by atoms with van der Waals surface area (Å²) < 4.78 is 5.18. The first kappa shape index (κ1) is 20.7. The summed E-state index contributed by atoms with van der Waals surface area (Å²) in [5.41, 5.74) is 3.17. The molecule has 0 aliphatic carbocycles. The van der Waals surface area contributed by atoms with E-state index < -0.39 is 23.4 Å². The Kier molecular flexibility index (Phi) is 6.54. The minimum absolute atomic E-state index is 0.0630. The summed E-state index contributed by atoms with van der Waals surface area (Å²) in [6.45, 7) is 1.18. The fourth-order valence-electron chi connectivity index (χ4n) is 2.99. The molecule has 7 nitrogen and oxygen atoms in total. The number of nitrogens with zero attached hydrogens (tertiary/aromatic N) is 1. The van der Waals surface area contributed by atoms with Crippen molar-refractivity contribution >= 4 is 23.3 Å². The number of esters is 1. The number of aryl methyl sites for hydroxylation is 1. The highest BCUT2D eigenvalue weighted by atomic mass is 16.6. The van der Waals surface area contributed by atoms with E-state index in [0.717, 1.165) is 11.1 Å². The normalized spacial score (nSPS) is 10.3. The molecule has 30 heavy (non-hydrogen) atoms. The van der Waals surface area contributed by atoms with Crippen LogP contribution in [-0.4, -0.2) is 23.4 Å². The Morgan fingerprint density at radius 1 is 1.00 bits per heavy atom. The lowest BCUT2D eigenvalue weighted by Crippen LogP contribution is -2.22. The summed E-state index contributed by atoms with van der Waals surface area (Å²) in [7, 11) is 0. The molecule has 0 radical (unpaired) electrons. The summed E-state index contributed by atoms with van der Waals surface area (Å²) in [5.74, 6) is -1.11. The molecule has 0 bridgehead atoms. The number of rotatable bonds is 7. The lowest BCUT2D eigenvalue weighted by atomic mass is 10.00. The number of nitro groups is 1. The quantitative estimate of drug-likeness (QED) is 0.360. The molecule has 0 spiro atoms. The van der Waals surface area contributed by atoms with Crippen LogP contribution in [0.1, 0.15) is 27.0 Å². The average molecular weight is 404 g/mol. The van der Waals surface area contributed by atoms with Gasteiger partial charge >= 0.3 is 5.97 Å². The van der Waals surface area contributed by atoms with Crippen LogP contribution in [0.2, 0.25) is 0 Å². The first-order valence-corrected chi connectivity index (χ1v) is 9.28. The summed E-state index contributed by atoms with van der Waals surface area (Å²) >= 11 is 0. The van der Waals surface area contributed by atoms with Crippen molar-refractivity contribution in [2.75, 3.05) is 11.9 Å². The molecule has 3 aromatic rings. The predicted molar refractivity (Wildman–Crippen MR) is 112 cm³/mol. The molecule has 1 amide bonds. The Morgan fingerprint density at radius 3 is 2.40 bits per heavy atom. The van der Waals surface area contributed by atoms with Crippen LogP contribution in [0.5, 0.6) is 0 Å². The van der Waals surface area contributed by atoms with Crippen molar-refractivity contribution in [1.29, 1.82) is 0 Å². The van der Waals surface area contributed by atoms with E-state index in [-0.39, 0.29) is 5.69 Å². The maximum absolute atomic E-state index is 12.5. The molecule has 0 fully saturated rings. The number of anilines is 1. The van der Waals surface area contributed by atoms with Gasteiger partial charge in [0, 0.05) is 17.8 Å². The number of nitrogens with one attached hydrogen (secondary N) is 1. The monoisotopic (exact) mass is 404 g/mol. The number of nitro benzene ring substituents is 1. The fourth-order valence-corrected chi connectivity index (χ4v) is 2.99. The number of carbonyl (C=O) groups excluding carboxylic acids is 2. The van der Waals surface area contributed by atoms with E-state index in [0.29, 0.717) is 23.2 Å². The summed E-state index contributed by atoms with van der Waals surface area (Å²) in [4.78, 5) is 35.0. The summed E-state index contributed by atoms with van der Waals surface area (Å²) in [5, 5.41) is 13.4. The van der Waals surface area contributed by atoms with E-state index in [1.165, 1.54) is 18.2 Å². The van der Waals surface area contributed by atoms with Gasteiger partial charge in [0.1, 0.15) is 0 Å². The van der Waals surface area contributed by atoms with Gasteiger partial charge in [-0.15, -0.1) is 0 Å². The fraction of sp³-hybridized carbons (Fsp3) is 0.130. The lowest BCUT2D eigenvalue weighted by Gasteiger charge is -2.11. The molecule has 1 N–H and O–H groups in total. The topological polar surface area (TPSA) is 98.5 Å². The predicted octanol–water partition coefficient (Wildman–Crippen LogP) is 4.29. The van der Waals surface area contributed by atoms with Gasteiger partial charge in [-0.2, -0.15) is 0 Å². The first-order valence-electron chi connectivity index (χ1n) is 9.28. The van der Waals surface area contributed by atoms with Crippen molar-refractivity contribution in [2.24, 2.45) is 0 Å². The molecule has 0 aliphatic rings. The number of non-ortho nitro benzene ring substituents is 1. The number of hydrogen-bond donors (Lipinski definition) is 1. The third-order valence-electron chi connectivity index (χ3n) is 4.50. The largest absolute Gasteiger partial charge is 0.452 e. The van der Waals surface area contributed by atoms with E-state index in [1.54, 1.807) is 19.1 Å². The van der Waals surface area contributed by atoms with E-state index >= 15 is 0 Å². The third-order valence-corrected chi connectivity index (χ3v) is 4.50. The van der Waals surface area contributed by atoms with Gasteiger partial charge in [-0.3, -0.25) is 14.9 Å². The number of benzene rings is 3. The molecule has 0 aromatic heterocycles. The zero-order valence-electron chi connectivity index (χ0n) is 16.3. The van der Waals surface area contributed by atoms with Crippen molar-refractivity contribution in [3.8, 4) is 0 Å². The highest BCUT2D eigenvalue weighted by Crippen LogP contribution is 2.21. The number of ether oxygens (including phenoxy) is 1.